The molecule has 3 heterocycles. The van der Waals surface area contributed by atoms with Crippen LogP contribution in [0.15, 0.2) is 47.4 Å². The number of nitrogens with one attached hydrogen (secondary N) is 1. The molecule has 2 aromatic carbocycles. The number of piperazine rings is 1. The molecular formula is C27H33N7O. The van der Waals surface area contributed by atoms with E-state index in [9.17, 15) is 4.79 Å². The van der Waals surface area contributed by atoms with E-state index in [1.165, 1.54) is 11.3 Å². The minimum Gasteiger partial charge on any atom is -0.369 e. The summed E-state index contributed by atoms with van der Waals surface area (Å²) in [5.41, 5.74) is 7.13. The zero-order valence-electron chi connectivity index (χ0n) is 21.2. The number of hydrogen-bond donors (Lipinski definition) is 1. The van der Waals surface area contributed by atoms with Crippen molar-refractivity contribution in [1.82, 2.24) is 24.2 Å². The molecule has 0 bridgehead atoms. The summed E-state index contributed by atoms with van der Waals surface area (Å²) in [7, 11) is 2.17. The van der Waals surface area contributed by atoms with Crippen LogP contribution in [0.25, 0.3) is 16.7 Å². The van der Waals surface area contributed by atoms with Crippen molar-refractivity contribution in [3.8, 4) is 5.69 Å². The van der Waals surface area contributed by atoms with Crippen molar-refractivity contribution in [2.75, 3.05) is 43.4 Å². The topological polar surface area (TPSA) is 71.2 Å². The van der Waals surface area contributed by atoms with E-state index in [1.807, 2.05) is 11.6 Å². The lowest BCUT2D eigenvalue weighted by Crippen LogP contribution is -2.44. The fraction of sp³-hybridized carbons (Fsp3) is 0.370. The number of rotatable bonds is 5. The second kappa shape index (κ2) is 9.19. The fourth-order valence-electron chi connectivity index (χ4n) is 4.97. The summed E-state index contributed by atoms with van der Waals surface area (Å²) in [6.07, 6.45) is 1.63. The molecule has 0 aliphatic carbocycles. The monoisotopic (exact) mass is 471 g/mol. The molecule has 1 saturated heterocycles. The van der Waals surface area contributed by atoms with Crippen LogP contribution in [0.3, 0.4) is 0 Å². The molecule has 0 amide bonds. The van der Waals surface area contributed by atoms with Gasteiger partial charge in [0.05, 0.1) is 5.69 Å². The Hall–Kier alpha value is -3.65. The average Bonchev–Trinajstić information content (AvgIpc) is 3.10. The molecule has 35 heavy (non-hydrogen) atoms. The van der Waals surface area contributed by atoms with Gasteiger partial charge in [-0.25, -0.2) is 14.3 Å². The van der Waals surface area contributed by atoms with E-state index >= 15 is 0 Å². The Morgan fingerprint density at radius 3 is 2.34 bits per heavy atom. The maximum Gasteiger partial charge on any atom is 0.278 e. The molecule has 8 heteroatoms. The van der Waals surface area contributed by atoms with Crippen LogP contribution in [0.5, 0.6) is 0 Å². The van der Waals surface area contributed by atoms with Gasteiger partial charge in [0.25, 0.3) is 5.56 Å². The van der Waals surface area contributed by atoms with Crippen LogP contribution in [0.2, 0.25) is 0 Å². The number of likely N-dealkylation sites (N-methyl/N-ethyl adjacent to an activating group) is 1. The molecule has 2 aromatic heterocycles. The smallest absolute Gasteiger partial charge is 0.278 e. The molecule has 0 unspecified atom stereocenters. The van der Waals surface area contributed by atoms with Gasteiger partial charge in [-0.05, 0) is 81.8 Å². The normalized spacial score (nSPS) is 14.6. The lowest BCUT2D eigenvalue weighted by Gasteiger charge is -2.35. The van der Waals surface area contributed by atoms with Crippen molar-refractivity contribution in [1.29, 1.82) is 0 Å². The van der Waals surface area contributed by atoms with Crippen LogP contribution in [-0.2, 0) is 6.54 Å². The number of fused-ring (bicyclic) bond motifs is 1. The standard InChI is InChI=1S/C27H33N7O/c1-6-33-26(35)23-17-28-27(30-25(23)34(33)22-14-18(2)13-19(3)15-22)29-21-7-8-24(20(4)16-21)32-11-9-31(5)10-12-32/h7-8,13-17H,6,9-12H2,1-5H3,(H,28,29,30). The summed E-state index contributed by atoms with van der Waals surface area (Å²) in [5.74, 6) is 0.468. The average molecular weight is 472 g/mol. The van der Waals surface area contributed by atoms with Gasteiger partial charge in [-0.2, -0.15) is 4.98 Å². The molecular weight excluding hydrogens is 438 g/mol. The van der Waals surface area contributed by atoms with Gasteiger partial charge in [0, 0.05) is 50.3 Å². The summed E-state index contributed by atoms with van der Waals surface area (Å²) >= 11 is 0. The van der Waals surface area contributed by atoms with Gasteiger partial charge in [-0.3, -0.25) is 4.79 Å². The molecule has 1 fully saturated rings. The molecule has 1 aliphatic heterocycles. The SMILES string of the molecule is CCn1c(=O)c2cnc(Nc3ccc(N4CCN(C)CC4)c(C)c3)nc2n1-c1cc(C)cc(C)c1. The predicted molar refractivity (Wildman–Crippen MR) is 142 cm³/mol. The van der Waals surface area contributed by atoms with Crippen molar-refractivity contribution in [2.45, 2.75) is 34.2 Å². The van der Waals surface area contributed by atoms with Gasteiger partial charge < -0.3 is 15.1 Å². The molecule has 5 rings (SSSR count). The molecule has 182 valence electrons. The highest BCUT2D eigenvalue weighted by molar-refractivity contribution is 5.77. The zero-order chi connectivity index (χ0) is 24.7. The van der Waals surface area contributed by atoms with Crippen molar-refractivity contribution >= 4 is 28.4 Å². The maximum atomic E-state index is 13.1. The highest BCUT2D eigenvalue weighted by Crippen LogP contribution is 2.26. The molecule has 1 N–H and O–H groups in total. The Balaban J connectivity index is 1.50. The van der Waals surface area contributed by atoms with Crippen LogP contribution < -0.4 is 15.8 Å². The molecule has 0 spiro atoms. The molecule has 0 atom stereocenters. The van der Waals surface area contributed by atoms with E-state index < -0.39 is 0 Å². The van der Waals surface area contributed by atoms with Gasteiger partial charge in [-0.1, -0.05) is 6.07 Å². The van der Waals surface area contributed by atoms with Crippen LogP contribution in [0, 0.1) is 20.8 Å². The quantitative estimate of drug-likeness (QED) is 0.474. The van der Waals surface area contributed by atoms with E-state index in [2.05, 4.69) is 84.3 Å². The van der Waals surface area contributed by atoms with Crippen LogP contribution in [-0.4, -0.2) is 57.5 Å². The van der Waals surface area contributed by atoms with Crippen molar-refractivity contribution in [3.05, 3.63) is 69.6 Å². The zero-order valence-corrected chi connectivity index (χ0v) is 21.2. The number of benzene rings is 2. The highest BCUT2D eigenvalue weighted by Gasteiger charge is 2.18. The molecule has 0 saturated carbocycles. The van der Waals surface area contributed by atoms with Crippen molar-refractivity contribution in [3.63, 3.8) is 0 Å². The van der Waals surface area contributed by atoms with E-state index in [1.54, 1.807) is 10.9 Å². The number of aromatic nitrogens is 4. The van der Waals surface area contributed by atoms with Gasteiger partial charge in [0.15, 0.2) is 5.65 Å². The summed E-state index contributed by atoms with van der Waals surface area (Å²) < 4.78 is 3.62. The Labute approximate surface area is 205 Å². The number of nitrogens with zero attached hydrogens (tertiary/aromatic N) is 6. The third-order valence-corrected chi connectivity index (χ3v) is 6.72. The van der Waals surface area contributed by atoms with Gasteiger partial charge in [-0.15, -0.1) is 0 Å². The van der Waals surface area contributed by atoms with Crippen molar-refractivity contribution < 1.29 is 0 Å². The number of hydrogen-bond acceptors (Lipinski definition) is 6. The van der Waals surface area contributed by atoms with Gasteiger partial charge in [0.1, 0.15) is 5.39 Å². The van der Waals surface area contributed by atoms with E-state index in [0.29, 0.717) is 23.5 Å². The first kappa shape index (κ1) is 23.1. The highest BCUT2D eigenvalue weighted by atomic mass is 16.1. The Morgan fingerprint density at radius 1 is 0.971 bits per heavy atom. The lowest BCUT2D eigenvalue weighted by atomic mass is 10.1. The molecule has 1 aliphatic rings. The molecule has 8 nitrogen and oxygen atoms in total. The Bertz CT molecular complexity index is 1420. The Morgan fingerprint density at radius 2 is 1.69 bits per heavy atom. The number of anilines is 3. The van der Waals surface area contributed by atoms with E-state index in [0.717, 1.165) is 48.7 Å². The summed E-state index contributed by atoms with van der Waals surface area (Å²) in [6, 6.07) is 12.7. The summed E-state index contributed by atoms with van der Waals surface area (Å²) in [5, 5.41) is 3.86. The second-order valence-electron chi connectivity index (χ2n) is 9.53. The molecule has 4 aromatic rings. The first-order valence-corrected chi connectivity index (χ1v) is 12.2. The largest absolute Gasteiger partial charge is 0.369 e. The Kier molecular flexibility index (Phi) is 6.06. The number of aryl methyl sites for hydroxylation is 3. The third-order valence-electron chi connectivity index (χ3n) is 6.72. The van der Waals surface area contributed by atoms with Gasteiger partial charge >= 0.3 is 0 Å². The van der Waals surface area contributed by atoms with E-state index in [4.69, 9.17) is 4.98 Å². The molecule has 0 radical (unpaired) electrons. The first-order chi connectivity index (χ1) is 16.8. The van der Waals surface area contributed by atoms with E-state index in [-0.39, 0.29) is 5.56 Å². The minimum atomic E-state index is -0.0828. The maximum absolute atomic E-state index is 13.1. The van der Waals surface area contributed by atoms with Crippen molar-refractivity contribution in [2.24, 2.45) is 0 Å². The lowest BCUT2D eigenvalue weighted by molar-refractivity contribution is 0.312. The first-order valence-electron chi connectivity index (χ1n) is 12.2. The fourth-order valence-corrected chi connectivity index (χ4v) is 4.97. The third kappa shape index (κ3) is 4.41. The summed E-state index contributed by atoms with van der Waals surface area (Å²) in [4.78, 5) is 27.1. The van der Waals surface area contributed by atoms with Crippen LogP contribution in [0.1, 0.15) is 23.6 Å². The second-order valence-corrected chi connectivity index (χ2v) is 9.53. The van der Waals surface area contributed by atoms with Crippen LogP contribution in [0.4, 0.5) is 17.3 Å². The summed E-state index contributed by atoms with van der Waals surface area (Å²) in [6.45, 7) is 13.0. The van der Waals surface area contributed by atoms with Gasteiger partial charge in [0.2, 0.25) is 5.95 Å². The minimum absolute atomic E-state index is 0.0828. The van der Waals surface area contributed by atoms with Crippen LogP contribution >= 0.6 is 0 Å². The predicted octanol–water partition coefficient (Wildman–Crippen LogP) is 4.02.